The number of amides is 1. The normalized spacial score (nSPS) is 12.2. The van der Waals surface area contributed by atoms with Gasteiger partial charge >= 0.3 is 0 Å². The molecule has 0 aliphatic rings. The molecule has 1 unspecified atom stereocenters. The molecule has 0 saturated heterocycles. The first-order valence-corrected chi connectivity index (χ1v) is 5.83. The molecule has 1 aromatic rings. The molecular formula is C12H16ClFN2O. The molecule has 3 nitrogen and oxygen atoms in total. The van der Waals surface area contributed by atoms with Gasteiger partial charge in [-0.1, -0.05) is 17.7 Å². The third-order valence-corrected chi connectivity index (χ3v) is 2.64. The number of benzene rings is 1. The zero-order chi connectivity index (χ0) is 12.8. The number of carbonyl (C=O) groups is 1. The number of halogens is 2. The summed E-state index contributed by atoms with van der Waals surface area (Å²) in [5.74, 6) is -0.529. The molecule has 0 saturated carbocycles. The fourth-order valence-corrected chi connectivity index (χ4v) is 1.63. The molecule has 94 valence electrons. The fraction of sp³-hybridized carbons (Fsp3) is 0.417. The Morgan fingerprint density at radius 2 is 2.29 bits per heavy atom. The van der Waals surface area contributed by atoms with E-state index in [0.29, 0.717) is 17.1 Å². The lowest BCUT2D eigenvalue weighted by molar-refractivity contribution is -0.121. The molecule has 0 heterocycles. The SMILES string of the molecule is CC(N)CNC(=O)CCc1c(F)cccc1Cl. The number of hydrogen-bond acceptors (Lipinski definition) is 2. The predicted molar refractivity (Wildman–Crippen MR) is 66.4 cm³/mol. The van der Waals surface area contributed by atoms with Crippen LogP contribution in [0, 0.1) is 5.82 Å². The zero-order valence-electron chi connectivity index (χ0n) is 9.67. The van der Waals surface area contributed by atoms with Crippen LogP contribution >= 0.6 is 11.6 Å². The monoisotopic (exact) mass is 258 g/mol. The van der Waals surface area contributed by atoms with Crippen molar-refractivity contribution in [2.24, 2.45) is 5.73 Å². The highest BCUT2D eigenvalue weighted by Crippen LogP contribution is 2.20. The molecule has 0 aromatic heterocycles. The minimum Gasteiger partial charge on any atom is -0.355 e. The highest BCUT2D eigenvalue weighted by atomic mass is 35.5. The second-order valence-electron chi connectivity index (χ2n) is 3.98. The van der Waals surface area contributed by atoms with Crippen LogP contribution in [0.4, 0.5) is 4.39 Å². The molecule has 0 bridgehead atoms. The van der Waals surface area contributed by atoms with Crippen molar-refractivity contribution in [3.8, 4) is 0 Å². The second kappa shape index (κ2) is 6.57. The molecule has 0 radical (unpaired) electrons. The van der Waals surface area contributed by atoms with E-state index in [2.05, 4.69) is 5.32 Å². The summed E-state index contributed by atoms with van der Waals surface area (Å²) in [5.41, 5.74) is 5.88. The summed E-state index contributed by atoms with van der Waals surface area (Å²) in [6.07, 6.45) is 0.490. The standard InChI is InChI=1S/C12H16ClFN2O/c1-8(15)7-16-12(17)6-5-9-10(13)3-2-4-11(9)14/h2-4,8H,5-7,15H2,1H3,(H,16,17). The Morgan fingerprint density at radius 3 is 2.88 bits per heavy atom. The van der Waals surface area contributed by atoms with Crippen molar-refractivity contribution in [2.75, 3.05) is 6.54 Å². The topological polar surface area (TPSA) is 55.1 Å². The number of hydrogen-bond donors (Lipinski definition) is 2. The van der Waals surface area contributed by atoms with Crippen molar-refractivity contribution in [2.45, 2.75) is 25.8 Å². The first kappa shape index (κ1) is 13.9. The number of rotatable bonds is 5. The van der Waals surface area contributed by atoms with Crippen LogP contribution < -0.4 is 11.1 Å². The lowest BCUT2D eigenvalue weighted by Crippen LogP contribution is -2.35. The molecule has 0 spiro atoms. The van der Waals surface area contributed by atoms with Crippen LogP contribution in [0.25, 0.3) is 0 Å². The fourth-order valence-electron chi connectivity index (χ4n) is 1.37. The Labute approximate surface area is 105 Å². The van der Waals surface area contributed by atoms with Gasteiger partial charge in [0.25, 0.3) is 0 Å². The third kappa shape index (κ3) is 4.71. The van der Waals surface area contributed by atoms with E-state index in [9.17, 15) is 9.18 Å². The maximum atomic E-state index is 13.4. The van der Waals surface area contributed by atoms with Crippen molar-refractivity contribution in [1.29, 1.82) is 0 Å². The van der Waals surface area contributed by atoms with Gasteiger partial charge in [0, 0.05) is 29.6 Å². The summed E-state index contributed by atoms with van der Waals surface area (Å²) in [6.45, 7) is 2.22. The van der Waals surface area contributed by atoms with Crippen molar-refractivity contribution in [1.82, 2.24) is 5.32 Å². The van der Waals surface area contributed by atoms with Crippen molar-refractivity contribution < 1.29 is 9.18 Å². The molecule has 0 fully saturated rings. The molecular weight excluding hydrogens is 243 g/mol. The molecule has 0 aliphatic carbocycles. The predicted octanol–water partition coefficient (Wildman–Crippen LogP) is 1.88. The van der Waals surface area contributed by atoms with E-state index in [0.717, 1.165) is 0 Å². The van der Waals surface area contributed by atoms with E-state index in [-0.39, 0.29) is 30.6 Å². The van der Waals surface area contributed by atoms with E-state index in [1.807, 2.05) is 0 Å². The van der Waals surface area contributed by atoms with Gasteiger partial charge < -0.3 is 11.1 Å². The zero-order valence-corrected chi connectivity index (χ0v) is 10.4. The van der Waals surface area contributed by atoms with E-state index in [1.54, 1.807) is 13.0 Å². The van der Waals surface area contributed by atoms with Crippen molar-refractivity contribution in [3.63, 3.8) is 0 Å². The molecule has 5 heteroatoms. The Bertz CT molecular complexity index is 376. The summed E-state index contributed by atoms with van der Waals surface area (Å²) >= 11 is 5.85. The summed E-state index contributed by atoms with van der Waals surface area (Å²) in [4.78, 5) is 11.4. The Morgan fingerprint density at radius 1 is 1.59 bits per heavy atom. The summed E-state index contributed by atoms with van der Waals surface area (Å²) in [5, 5.41) is 3.01. The number of nitrogens with one attached hydrogen (secondary N) is 1. The van der Waals surface area contributed by atoms with Crippen LogP contribution in [0.3, 0.4) is 0 Å². The van der Waals surface area contributed by atoms with Gasteiger partial charge in [-0.05, 0) is 25.5 Å². The maximum absolute atomic E-state index is 13.4. The Kier molecular flexibility index (Phi) is 5.38. The van der Waals surface area contributed by atoms with Crippen LogP contribution in [0.2, 0.25) is 5.02 Å². The number of nitrogens with two attached hydrogens (primary N) is 1. The van der Waals surface area contributed by atoms with Crippen molar-refractivity contribution >= 4 is 17.5 Å². The highest BCUT2D eigenvalue weighted by molar-refractivity contribution is 6.31. The molecule has 3 N–H and O–H groups in total. The minimum absolute atomic E-state index is 0.0870. The summed E-state index contributed by atoms with van der Waals surface area (Å²) in [7, 11) is 0. The smallest absolute Gasteiger partial charge is 0.220 e. The molecule has 1 atom stereocenters. The molecule has 0 aliphatic heterocycles. The average molecular weight is 259 g/mol. The van der Waals surface area contributed by atoms with Gasteiger partial charge in [-0.2, -0.15) is 0 Å². The first-order valence-electron chi connectivity index (χ1n) is 5.46. The van der Waals surface area contributed by atoms with E-state index < -0.39 is 0 Å². The van der Waals surface area contributed by atoms with Gasteiger partial charge in [0.15, 0.2) is 0 Å². The highest BCUT2D eigenvalue weighted by Gasteiger charge is 2.09. The first-order chi connectivity index (χ1) is 8.00. The summed E-state index contributed by atoms with van der Waals surface area (Å²) in [6, 6.07) is 4.40. The molecule has 1 aromatic carbocycles. The van der Waals surface area contributed by atoms with E-state index >= 15 is 0 Å². The van der Waals surface area contributed by atoms with Gasteiger partial charge in [-0.25, -0.2) is 4.39 Å². The lowest BCUT2D eigenvalue weighted by Gasteiger charge is -2.08. The molecule has 17 heavy (non-hydrogen) atoms. The van der Waals surface area contributed by atoms with Crippen LogP contribution in [0.15, 0.2) is 18.2 Å². The van der Waals surface area contributed by atoms with Crippen LogP contribution in [-0.2, 0) is 11.2 Å². The van der Waals surface area contributed by atoms with Crippen LogP contribution in [0.1, 0.15) is 18.9 Å². The van der Waals surface area contributed by atoms with Crippen LogP contribution in [0.5, 0.6) is 0 Å². The van der Waals surface area contributed by atoms with Gasteiger partial charge in [0.05, 0.1) is 0 Å². The van der Waals surface area contributed by atoms with E-state index in [1.165, 1.54) is 12.1 Å². The van der Waals surface area contributed by atoms with Gasteiger partial charge in [-0.15, -0.1) is 0 Å². The largest absolute Gasteiger partial charge is 0.355 e. The lowest BCUT2D eigenvalue weighted by atomic mass is 10.1. The number of carbonyl (C=O) groups excluding carboxylic acids is 1. The van der Waals surface area contributed by atoms with Gasteiger partial charge in [-0.3, -0.25) is 4.79 Å². The van der Waals surface area contributed by atoms with Gasteiger partial charge in [0.1, 0.15) is 5.82 Å². The minimum atomic E-state index is -0.377. The second-order valence-corrected chi connectivity index (χ2v) is 4.39. The Hall–Kier alpha value is -1.13. The van der Waals surface area contributed by atoms with Crippen molar-refractivity contribution in [3.05, 3.63) is 34.6 Å². The Balaban J connectivity index is 2.47. The molecule has 1 rings (SSSR count). The summed E-state index contributed by atoms with van der Waals surface area (Å²) < 4.78 is 13.4. The van der Waals surface area contributed by atoms with Gasteiger partial charge in [0.2, 0.25) is 5.91 Å². The molecule has 1 amide bonds. The quantitative estimate of drug-likeness (QED) is 0.847. The van der Waals surface area contributed by atoms with Crippen LogP contribution in [-0.4, -0.2) is 18.5 Å². The average Bonchev–Trinajstić information content (AvgIpc) is 2.25. The maximum Gasteiger partial charge on any atom is 0.220 e. The van der Waals surface area contributed by atoms with E-state index in [4.69, 9.17) is 17.3 Å². The third-order valence-electron chi connectivity index (χ3n) is 2.28.